The fourth-order valence-electron chi connectivity index (χ4n) is 113. The molecule has 0 aromatic heterocycles. The smallest absolute Gasteiger partial charge is 0.107 e. The Morgan fingerprint density at radius 1 is 0.152 bits per heavy atom. The monoisotopic (exact) mass is 2430 g/mol. The van der Waals surface area contributed by atoms with Crippen LogP contribution in [-0.2, 0) is 65.4 Å². The third kappa shape index (κ3) is 1.02. The molecule has 55 spiro atoms. The predicted molar refractivity (Wildman–Crippen MR) is 356 cm³/mol. The van der Waals surface area contributed by atoms with Gasteiger partial charge in [-0.05, 0) is 513 Å². The Bertz CT molecular complexity index is 6800. The summed E-state index contributed by atoms with van der Waals surface area (Å²) >= 11 is 1.40. The van der Waals surface area contributed by atoms with E-state index in [2.05, 4.69) is 0 Å². The van der Waals surface area contributed by atoms with E-state index in [1.807, 2.05) is 25.7 Å². The van der Waals surface area contributed by atoms with Crippen molar-refractivity contribution in [3.63, 3.8) is 0 Å². The van der Waals surface area contributed by atoms with Crippen molar-refractivity contribution in [3.8, 4) is 0 Å². The quantitative estimate of drug-likeness (QED) is 0.230. The standard InChI is InChI=1S/C91H40.B.4HI.4H2O.2Y.3Yb/c1-5-13-21-14-6-2-10-18-24-29-33-36-34-30-26-20-12-4-8-16-22-15-7-3-11-19-25-28-32-35-31-27-23-17-9(1)37(5)41(13)49(21)42(14)38(6,10)46(18)52(24)57(29)61(33)64(36)62(34)58(30)54(26)48(20)40(8,12)44(16)50(22)43(15)39(7,11)47(19)53(25)56(28)60(32)63(35)59(31)55(27)51(23)45(17,37)65(41)69(49)66(42,46)72(52)76(57)81(61)84(64)82(62)78(58)74(54)68(44,48)70(50)67(43,47)73(53)77(56)80(60)83(63)79(59)75(55)71(51,65)85(69,72)87(75,76)89(79,81)91(83,84)90(80,82)88(77,78)86(70,73)74;;;;;;;;;;;;;;/h5-36H,1-4H2;;4*1H;4*1H2;;;;;/i/hD. The molecule has 519 valence electrons. The van der Waals surface area contributed by atoms with E-state index in [0.29, 0.717) is 0 Å². The second kappa shape index (κ2) is 7.45. The number of halogens is 4. The van der Waals surface area contributed by atoms with E-state index in [9.17, 15) is 0 Å². The molecule has 0 saturated heterocycles. The number of hydrogen-bond donors (Lipinski definition) is 0. The van der Waals surface area contributed by atoms with Crippen LogP contribution in [0.3, 0.4) is 0 Å². The van der Waals surface area contributed by atoms with E-state index in [-0.39, 0.29) is 308 Å². The number of rotatable bonds is 0. The van der Waals surface area contributed by atoms with Crippen LogP contribution < -0.4 is 0 Å². The maximum Gasteiger partial charge on any atom is 0.107 e. The van der Waals surface area contributed by atoms with Crippen molar-refractivity contribution >= 4 is 104 Å². The van der Waals surface area contributed by atoms with Gasteiger partial charge in [0.1, 0.15) is 0.594 Å². The van der Waals surface area contributed by atoms with Crippen molar-refractivity contribution < 1.29 is 228 Å². The summed E-state index contributed by atoms with van der Waals surface area (Å²) in [7, 11) is 0. The Morgan fingerprint density at radius 2 is 0.248 bits per heavy atom. The van der Waals surface area contributed by atoms with Gasteiger partial charge in [-0.2, -0.15) is 0 Å². The Kier molecular flexibility index (Phi) is 3.52. The van der Waals surface area contributed by atoms with E-state index in [1.165, 1.54) is 327 Å². The fraction of sp³-hybridized carbons (Fsp3) is 1.00. The summed E-state index contributed by atoms with van der Waals surface area (Å²) in [6.45, 7) is 0. The first-order valence-corrected chi connectivity index (χ1v) is 45.3. The van der Waals surface area contributed by atoms with E-state index in [0.717, 1.165) is 184 Å². The molecule has 0 amide bonds. The molecule has 5 radical (unpaired) electrons. The summed E-state index contributed by atoms with van der Waals surface area (Å²) in [5.74, 6) is 46.3. The molecule has 72 aliphatic carbocycles. The third-order valence-corrected chi connectivity index (χ3v) is 85.4. The van der Waals surface area contributed by atoms with Gasteiger partial charge in [-0.15, -0.1) is 95.7 Å². The molecule has 0 aromatic carbocycles. The molecule has 4 nitrogen and oxygen atoms in total. The molecule has 72 fully saturated rings. The van der Waals surface area contributed by atoms with Gasteiger partial charge in [-0.3, -0.25) is 0 Å². The Hall–Kier alpha value is 9.59. The molecule has 72 saturated carbocycles. The minimum absolute atomic E-state index is 0. The van der Waals surface area contributed by atoms with E-state index >= 15 is 0 Å². The van der Waals surface area contributed by atoms with Crippen LogP contribution in [0, 0.1) is 628 Å². The molecule has 68 unspecified atom stereocenters. The molecule has 0 bridgehead atoms. The fourth-order valence-corrected chi connectivity index (χ4v) is 113. The van der Waals surface area contributed by atoms with Crippen molar-refractivity contribution in [1.82, 2.24) is 0 Å². The number of fused-ring (bicyclic) bond motifs is 28. The van der Waals surface area contributed by atoms with Gasteiger partial charge < -0.3 is 21.9 Å². The van der Waals surface area contributed by atoms with Crippen LogP contribution in [0.4, 0.5) is 0 Å². The molecule has 0 heterocycles. The number of hydrogen-bond acceptors (Lipinski definition) is 0. The zero-order valence-electron chi connectivity index (χ0n) is 55.9. The van der Waals surface area contributed by atoms with Crippen LogP contribution in [0.1, 0.15) is 25.7 Å². The minimum atomic E-state index is 0. The van der Waals surface area contributed by atoms with Crippen molar-refractivity contribution in [1.29, 1.82) is 0.594 Å². The van der Waals surface area contributed by atoms with Crippen LogP contribution in [-0.4, -0.2) is 30.9 Å². The Balaban J connectivity index is 0.000000299. The van der Waals surface area contributed by atoms with Crippen LogP contribution in [0.2, 0.25) is 0 Å². The largest absolute Gasteiger partial charge is 0.412 e. The van der Waals surface area contributed by atoms with Crippen molar-refractivity contribution in [2.75, 3.05) is 0 Å². The average molecular weight is 2430 g/mol. The summed E-state index contributed by atoms with van der Waals surface area (Å²) in [5, 5.41) is 0. The molecule has 0 aromatic rings. The minimum Gasteiger partial charge on any atom is -0.412 e. The maximum absolute atomic E-state index is 5.72. The zero-order chi connectivity index (χ0) is 50.8. The van der Waals surface area contributed by atoms with Crippen molar-refractivity contribution in [2.45, 2.75) is 25.7 Å². The molecule has 68 atom stereocenters. The van der Waals surface area contributed by atoms with Gasteiger partial charge in [-0.25, -0.2) is 0 Å². The molecular formula is C91H52BI4O4Y2Yb3. The topological polar surface area (TPSA) is 126 Å². The molecule has 0 aliphatic heterocycles. The molecule has 72 aliphatic rings. The Labute approximate surface area is 829 Å². The first-order chi connectivity index (χ1) is 46.3. The molecule has 14 heteroatoms. The van der Waals surface area contributed by atoms with E-state index in [4.69, 9.17) is 0.594 Å². The second-order valence-electron chi connectivity index (χ2n) is 61.5. The van der Waals surface area contributed by atoms with Crippen LogP contribution in [0.25, 0.3) is 0 Å². The first kappa shape index (κ1) is 49.6. The van der Waals surface area contributed by atoms with Gasteiger partial charge in [0.15, 0.2) is 0 Å². The summed E-state index contributed by atoms with van der Waals surface area (Å²) in [6.07, 6.45) is 7.68. The van der Waals surface area contributed by atoms with E-state index in [1.54, 1.807) is 0 Å². The van der Waals surface area contributed by atoms with E-state index < -0.39 is 0 Å². The molecular weight excluding hydrogens is 2370 g/mol. The first-order valence-electron chi connectivity index (χ1n) is 45.7. The normalized spacial score (nSPS) is 134. The molecule has 105 heavy (non-hydrogen) atoms. The molecule has 72 rings (SSSR count). The predicted octanol–water partition coefficient (Wildman–Crippen LogP) is 5.34. The summed E-state index contributed by atoms with van der Waals surface area (Å²) < 4.78 is 5.72. The van der Waals surface area contributed by atoms with Crippen molar-refractivity contribution in [2.24, 2.45) is 417 Å². The third-order valence-electron chi connectivity index (χ3n) is 85.4. The van der Waals surface area contributed by atoms with Crippen LogP contribution in [0.15, 0.2) is 0 Å². The summed E-state index contributed by atoms with van der Waals surface area (Å²) in [6, 6.07) is 0. The molecule has 8 N–H and O–H groups in total. The summed E-state index contributed by atoms with van der Waals surface area (Å²) in [5.41, 5.74) is 63.5. The van der Waals surface area contributed by atoms with Crippen LogP contribution >= 0.6 is 95.7 Å². The van der Waals surface area contributed by atoms with Gasteiger partial charge >= 0.3 is 0 Å². The SMILES string of the molecule is C1C2C3C4C5C6CC7C8C9C%10C%11C%12C%13C%14C%15C%16C%17CC%18C%19C%20C%21C%22CC%23C%24C%25C%26C%27C%28C%29C%30C%31C%32C1C21C32C43C54C67C85C96C%107C%118C%129C%13%10C%14%11C%15%12C%16%13C%18%17C%19%14C%20%15C%21%16C%22%23C%24%17C%25%18C%26%19C%27%20C%28%21C%29%22C%30%23C%31%24C%321C21C32C45C63C74C85C96C%107C%118C%129C%14%13C%15%10C%16%17C%18%11C%19%12C%20%13C%21%14C%22%15C%23%16C%241C23C%164C%155C%146C%137C%128C%10%119.I.I.I.O.O.O.O.[2H]I.[B].[Y].[Y].[Yb].[Yb].[Yb]. The average Bonchev–Trinajstić information content (AvgIpc) is 0.398. The Morgan fingerprint density at radius 3 is 0.410 bits per heavy atom. The van der Waals surface area contributed by atoms with Gasteiger partial charge in [0, 0.05) is 215 Å². The zero-order valence-corrected chi connectivity index (χ0v) is 74.9. The van der Waals surface area contributed by atoms with Crippen LogP contribution in [0.5, 0.6) is 0 Å². The van der Waals surface area contributed by atoms with Crippen molar-refractivity contribution in [3.05, 3.63) is 70.4 Å². The van der Waals surface area contributed by atoms with Gasteiger partial charge in [-0.1, -0.05) is 0 Å². The second-order valence-corrected chi connectivity index (χ2v) is 61.5. The maximum atomic E-state index is 5.72. The summed E-state index contributed by atoms with van der Waals surface area (Å²) in [4.78, 5) is 0. The van der Waals surface area contributed by atoms with Gasteiger partial charge in [0.25, 0.3) is 0 Å². The van der Waals surface area contributed by atoms with Gasteiger partial charge in [0.05, 0.1) is 0 Å². The van der Waals surface area contributed by atoms with Gasteiger partial charge in [0.2, 0.25) is 0 Å².